The van der Waals surface area contributed by atoms with Crippen molar-refractivity contribution in [3.8, 4) is 5.75 Å². The fourth-order valence-corrected chi connectivity index (χ4v) is 1.93. The van der Waals surface area contributed by atoms with Gasteiger partial charge in [0.05, 0.1) is 13.2 Å². The molecule has 1 aliphatic rings. The molecule has 0 aromatic heterocycles. The summed E-state index contributed by atoms with van der Waals surface area (Å²) in [5.74, 6) is 1.33. The minimum atomic E-state index is -0.250. The zero-order chi connectivity index (χ0) is 10.7. The zero-order valence-corrected chi connectivity index (χ0v) is 8.89. The van der Waals surface area contributed by atoms with E-state index in [-0.39, 0.29) is 6.10 Å². The highest BCUT2D eigenvalue weighted by Crippen LogP contribution is 2.28. The highest BCUT2D eigenvalue weighted by Gasteiger charge is 2.14. The van der Waals surface area contributed by atoms with Gasteiger partial charge in [-0.3, -0.25) is 0 Å². The van der Waals surface area contributed by atoms with E-state index in [1.54, 1.807) is 7.11 Å². The Morgan fingerprint density at radius 3 is 2.40 bits per heavy atom. The van der Waals surface area contributed by atoms with Crippen molar-refractivity contribution < 1.29 is 9.84 Å². The minimum absolute atomic E-state index is 0.250. The highest BCUT2D eigenvalue weighted by atomic mass is 16.5. The first-order valence-corrected chi connectivity index (χ1v) is 5.30. The molecule has 0 bridgehead atoms. The van der Waals surface area contributed by atoms with Crippen LogP contribution in [0.5, 0.6) is 5.75 Å². The molecule has 2 heteroatoms. The molecule has 2 rings (SSSR count). The van der Waals surface area contributed by atoms with Gasteiger partial charge < -0.3 is 9.84 Å². The number of aliphatic hydroxyl groups is 1. The number of allylic oxidation sites excluding steroid dienone is 1. The second-order valence-electron chi connectivity index (χ2n) is 3.91. The summed E-state index contributed by atoms with van der Waals surface area (Å²) >= 11 is 0. The lowest BCUT2D eigenvalue weighted by Crippen LogP contribution is -2.10. The van der Waals surface area contributed by atoms with Gasteiger partial charge in [-0.05, 0) is 30.5 Å². The molecular formula is C13H16O2. The van der Waals surface area contributed by atoms with Crippen LogP contribution in [0.2, 0.25) is 0 Å². The van der Waals surface area contributed by atoms with Gasteiger partial charge in [-0.15, -0.1) is 0 Å². The number of aliphatic hydroxyl groups excluding tert-OH is 1. The van der Waals surface area contributed by atoms with Gasteiger partial charge in [-0.2, -0.15) is 0 Å². The average molecular weight is 204 g/mol. The largest absolute Gasteiger partial charge is 0.497 e. The predicted octanol–water partition coefficient (Wildman–Crippen LogP) is 2.49. The molecule has 0 spiro atoms. The average Bonchev–Trinajstić information content (AvgIpc) is 2.30. The summed E-state index contributed by atoms with van der Waals surface area (Å²) in [5.41, 5.74) is 1.29. The fourth-order valence-electron chi connectivity index (χ4n) is 1.93. The molecule has 15 heavy (non-hydrogen) atoms. The Labute approximate surface area is 90.2 Å². The quantitative estimate of drug-likeness (QED) is 0.750. The van der Waals surface area contributed by atoms with Gasteiger partial charge in [0.15, 0.2) is 0 Å². The van der Waals surface area contributed by atoms with E-state index >= 15 is 0 Å². The van der Waals surface area contributed by atoms with Gasteiger partial charge in [-0.25, -0.2) is 0 Å². The van der Waals surface area contributed by atoms with E-state index in [0.717, 1.165) is 18.6 Å². The molecule has 0 radical (unpaired) electrons. The van der Waals surface area contributed by atoms with Crippen LogP contribution in [0.15, 0.2) is 36.4 Å². The van der Waals surface area contributed by atoms with E-state index in [1.807, 2.05) is 18.2 Å². The van der Waals surface area contributed by atoms with Crippen molar-refractivity contribution in [2.75, 3.05) is 7.11 Å². The van der Waals surface area contributed by atoms with Crippen molar-refractivity contribution >= 4 is 0 Å². The molecule has 0 fully saturated rings. The number of rotatable bonds is 2. The fraction of sp³-hybridized carbons (Fsp3) is 0.385. The summed E-state index contributed by atoms with van der Waals surface area (Å²) in [4.78, 5) is 0. The molecule has 2 nitrogen and oxygen atoms in total. The van der Waals surface area contributed by atoms with Crippen LogP contribution in [0, 0.1) is 0 Å². The maximum absolute atomic E-state index is 9.35. The van der Waals surface area contributed by atoms with Crippen LogP contribution in [0.1, 0.15) is 24.3 Å². The van der Waals surface area contributed by atoms with Gasteiger partial charge in [0.1, 0.15) is 5.75 Å². The van der Waals surface area contributed by atoms with Crippen LogP contribution in [-0.4, -0.2) is 18.3 Å². The highest BCUT2D eigenvalue weighted by molar-refractivity contribution is 5.32. The molecule has 0 aliphatic heterocycles. The first kappa shape index (κ1) is 10.2. The van der Waals surface area contributed by atoms with Crippen LogP contribution in [-0.2, 0) is 0 Å². The van der Waals surface area contributed by atoms with E-state index in [0.29, 0.717) is 5.92 Å². The van der Waals surface area contributed by atoms with Crippen molar-refractivity contribution in [1.82, 2.24) is 0 Å². The van der Waals surface area contributed by atoms with E-state index in [2.05, 4.69) is 18.2 Å². The Morgan fingerprint density at radius 2 is 1.87 bits per heavy atom. The lowest BCUT2D eigenvalue weighted by atomic mass is 9.88. The van der Waals surface area contributed by atoms with Crippen LogP contribution in [0.3, 0.4) is 0 Å². The summed E-state index contributed by atoms with van der Waals surface area (Å²) in [7, 11) is 1.67. The predicted molar refractivity (Wildman–Crippen MR) is 60.1 cm³/mol. The summed E-state index contributed by atoms with van der Waals surface area (Å²) < 4.78 is 5.12. The van der Waals surface area contributed by atoms with Crippen molar-refractivity contribution in [3.63, 3.8) is 0 Å². The van der Waals surface area contributed by atoms with Crippen LogP contribution >= 0.6 is 0 Å². The van der Waals surface area contributed by atoms with E-state index < -0.39 is 0 Å². The lowest BCUT2D eigenvalue weighted by molar-refractivity contribution is 0.201. The molecule has 1 aromatic carbocycles. The molecule has 1 N–H and O–H groups in total. The Kier molecular flexibility index (Phi) is 3.07. The lowest BCUT2D eigenvalue weighted by Gasteiger charge is -2.20. The Balaban J connectivity index is 2.12. The summed E-state index contributed by atoms with van der Waals surface area (Å²) in [5, 5.41) is 9.35. The van der Waals surface area contributed by atoms with Gasteiger partial charge in [0.2, 0.25) is 0 Å². The standard InChI is InChI=1S/C13H16O2/c1-15-13-8-4-11(5-9-13)10-2-6-12(14)7-3-10/h2,4-6,8-10,12,14H,3,7H2,1H3/t10-,12-/m0/s1. The summed E-state index contributed by atoms with van der Waals surface area (Å²) in [6.07, 6.45) is 5.60. The van der Waals surface area contributed by atoms with Crippen LogP contribution < -0.4 is 4.74 Å². The molecule has 0 saturated heterocycles. The summed E-state index contributed by atoms with van der Waals surface area (Å²) in [6.45, 7) is 0. The molecule has 80 valence electrons. The van der Waals surface area contributed by atoms with Gasteiger partial charge in [0.25, 0.3) is 0 Å². The first-order chi connectivity index (χ1) is 7.29. The Hall–Kier alpha value is -1.28. The maximum Gasteiger partial charge on any atom is 0.118 e. The summed E-state index contributed by atoms with van der Waals surface area (Å²) in [6, 6.07) is 8.14. The van der Waals surface area contributed by atoms with Gasteiger partial charge in [0, 0.05) is 5.92 Å². The topological polar surface area (TPSA) is 29.5 Å². The number of benzene rings is 1. The molecule has 0 saturated carbocycles. The Bertz CT molecular complexity index is 340. The molecular weight excluding hydrogens is 188 g/mol. The number of hydrogen-bond donors (Lipinski definition) is 1. The number of methoxy groups -OCH3 is 1. The van der Waals surface area contributed by atoms with E-state index in [4.69, 9.17) is 4.74 Å². The third-order valence-electron chi connectivity index (χ3n) is 2.88. The second kappa shape index (κ2) is 4.49. The van der Waals surface area contributed by atoms with E-state index in [9.17, 15) is 5.11 Å². The van der Waals surface area contributed by atoms with Crippen molar-refractivity contribution in [2.24, 2.45) is 0 Å². The minimum Gasteiger partial charge on any atom is -0.497 e. The third kappa shape index (κ3) is 2.39. The molecule has 0 heterocycles. The van der Waals surface area contributed by atoms with Crippen molar-refractivity contribution in [3.05, 3.63) is 42.0 Å². The van der Waals surface area contributed by atoms with Gasteiger partial charge in [-0.1, -0.05) is 24.3 Å². The van der Waals surface area contributed by atoms with Crippen LogP contribution in [0.25, 0.3) is 0 Å². The first-order valence-electron chi connectivity index (χ1n) is 5.30. The van der Waals surface area contributed by atoms with Gasteiger partial charge >= 0.3 is 0 Å². The maximum atomic E-state index is 9.35. The monoisotopic (exact) mass is 204 g/mol. The number of hydrogen-bond acceptors (Lipinski definition) is 2. The molecule has 2 atom stereocenters. The van der Waals surface area contributed by atoms with Crippen LogP contribution in [0.4, 0.5) is 0 Å². The van der Waals surface area contributed by atoms with Crippen molar-refractivity contribution in [2.45, 2.75) is 24.9 Å². The third-order valence-corrected chi connectivity index (χ3v) is 2.88. The smallest absolute Gasteiger partial charge is 0.118 e. The zero-order valence-electron chi connectivity index (χ0n) is 8.89. The normalized spacial score (nSPS) is 25.2. The van der Waals surface area contributed by atoms with E-state index in [1.165, 1.54) is 5.56 Å². The molecule has 1 aliphatic carbocycles. The molecule has 0 amide bonds. The van der Waals surface area contributed by atoms with Crippen molar-refractivity contribution in [1.29, 1.82) is 0 Å². The second-order valence-corrected chi connectivity index (χ2v) is 3.91. The Morgan fingerprint density at radius 1 is 1.13 bits per heavy atom. The SMILES string of the molecule is COc1ccc([C@H]2C=C[C@H](O)CC2)cc1. The molecule has 0 unspecified atom stereocenters. The number of ether oxygens (including phenoxy) is 1. The molecule has 1 aromatic rings.